The average Bonchev–Trinajstić information content (AvgIpc) is 3.18. The van der Waals surface area contributed by atoms with Gasteiger partial charge in [-0.05, 0) is 24.8 Å². The van der Waals surface area contributed by atoms with Gasteiger partial charge in [-0.25, -0.2) is 0 Å². The summed E-state index contributed by atoms with van der Waals surface area (Å²) in [6, 6.07) is 4.53. The van der Waals surface area contributed by atoms with Crippen LogP contribution in [0.4, 0.5) is 17.1 Å². The van der Waals surface area contributed by atoms with Crippen molar-refractivity contribution in [3.63, 3.8) is 0 Å². The molecule has 19 heavy (non-hydrogen) atoms. The van der Waals surface area contributed by atoms with Crippen LogP contribution in [0, 0.1) is 16.0 Å². The number of ether oxygens (including phenoxy) is 1. The maximum atomic E-state index is 10.6. The van der Waals surface area contributed by atoms with Crippen molar-refractivity contribution in [3.8, 4) is 0 Å². The van der Waals surface area contributed by atoms with Gasteiger partial charge >= 0.3 is 0 Å². The number of anilines is 2. The molecule has 1 saturated carbocycles. The monoisotopic (exact) mass is 265 g/mol. The minimum absolute atomic E-state index is 0.0135. The Morgan fingerprint density at radius 1 is 1.53 bits per heavy atom. The standard InChI is InChI=1S/C13H19N3O3/c1-15(6-7-19-9-10-2-3-10)13-5-4-11(16(17)18)8-12(13)14/h4-5,8,10H,2-3,6-7,9,14H2,1H3. The van der Waals surface area contributed by atoms with Crippen LogP contribution in [0.25, 0.3) is 0 Å². The van der Waals surface area contributed by atoms with Gasteiger partial charge in [-0.15, -0.1) is 0 Å². The van der Waals surface area contributed by atoms with Gasteiger partial charge in [0, 0.05) is 32.3 Å². The van der Waals surface area contributed by atoms with Crippen LogP contribution in [-0.2, 0) is 4.74 Å². The Balaban J connectivity index is 1.86. The van der Waals surface area contributed by atoms with Gasteiger partial charge in [0.1, 0.15) is 0 Å². The minimum atomic E-state index is -0.446. The number of likely N-dealkylation sites (N-methyl/N-ethyl adjacent to an activating group) is 1. The first-order valence-corrected chi connectivity index (χ1v) is 6.40. The van der Waals surface area contributed by atoms with Crippen LogP contribution in [0.1, 0.15) is 12.8 Å². The summed E-state index contributed by atoms with van der Waals surface area (Å²) in [5, 5.41) is 10.6. The van der Waals surface area contributed by atoms with E-state index in [4.69, 9.17) is 10.5 Å². The fourth-order valence-corrected chi connectivity index (χ4v) is 1.86. The Hall–Kier alpha value is -1.82. The molecule has 2 N–H and O–H groups in total. The van der Waals surface area contributed by atoms with Crippen LogP contribution < -0.4 is 10.6 Å². The van der Waals surface area contributed by atoms with E-state index in [-0.39, 0.29) is 5.69 Å². The fourth-order valence-electron chi connectivity index (χ4n) is 1.86. The molecule has 1 aliphatic carbocycles. The van der Waals surface area contributed by atoms with Crippen molar-refractivity contribution in [1.29, 1.82) is 0 Å². The van der Waals surface area contributed by atoms with Crippen LogP contribution in [0.3, 0.4) is 0 Å². The predicted molar refractivity (Wildman–Crippen MR) is 74.3 cm³/mol. The molecule has 0 aromatic heterocycles. The Morgan fingerprint density at radius 3 is 2.84 bits per heavy atom. The van der Waals surface area contributed by atoms with Gasteiger partial charge in [0.25, 0.3) is 5.69 Å². The van der Waals surface area contributed by atoms with Gasteiger partial charge in [0.15, 0.2) is 0 Å². The van der Waals surface area contributed by atoms with E-state index in [9.17, 15) is 10.1 Å². The Kier molecular flexibility index (Phi) is 4.21. The third-order valence-electron chi connectivity index (χ3n) is 3.25. The second kappa shape index (κ2) is 5.88. The van der Waals surface area contributed by atoms with Crippen LogP contribution in [0.15, 0.2) is 18.2 Å². The number of nitro groups is 1. The minimum Gasteiger partial charge on any atom is -0.397 e. The number of rotatable bonds is 7. The van der Waals surface area contributed by atoms with Crippen LogP contribution in [0.2, 0.25) is 0 Å². The molecule has 0 radical (unpaired) electrons. The summed E-state index contributed by atoms with van der Waals surface area (Å²) in [7, 11) is 1.90. The highest BCUT2D eigenvalue weighted by Gasteiger charge is 2.21. The quantitative estimate of drug-likeness (QED) is 0.353. The molecule has 0 atom stereocenters. The second-order valence-corrected chi connectivity index (χ2v) is 4.94. The smallest absolute Gasteiger partial charge is 0.271 e. The summed E-state index contributed by atoms with van der Waals surface area (Å²) in [5.74, 6) is 0.759. The molecule has 0 bridgehead atoms. The summed E-state index contributed by atoms with van der Waals surface area (Å²) in [6.07, 6.45) is 2.57. The second-order valence-electron chi connectivity index (χ2n) is 4.94. The normalized spacial score (nSPS) is 14.4. The van der Waals surface area contributed by atoms with Crippen molar-refractivity contribution in [3.05, 3.63) is 28.3 Å². The maximum absolute atomic E-state index is 10.6. The molecule has 1 aromatic rings. The number of hydrogen-bond acceptors (Lipinski definition) is 5. The summed E-state index contributed by atoms with van der Waals surface area (Å²) < 4.78 is 5.56. The van der Waals surface area contributed by atoms with Gasteiger partial charge in [0.2, 0.25) is 0 Å². The van der Waals surface area contributed by atoms with Crippen molar-refractivity contribution >= 4 is 17.1 Å². The highest BCUT2D eigenvalue weighted by atomic mass is 16.6. The lowest BCUT2D eigenvalue weighted by molar-refractivity contribution is -0.384. The number of non-ortho nitro benzene ring substituents is 1. The highest BCUT2D eigenvalue weighted by molar-refractivity contribution is 5.70. The molecule has 1 aromatic carbocycles. The largest absolute Gasteiger partial charge is 0.397 e. The fraction of sp³-hybridized carbons (Fsp3) is 0.538. The maximum Gasteiger partial charge on any atom is 0.271 e. The van der Waals surface area contributed by atoms with E-state index in [1.165, 1.54) is 25.0 Å². The zero-order valence-corrected chi connectivity index (χ0v) is 11.0. The van der Waals surface area contributed by atoms with Gasteiger partial charge in [-0.3, -0.25) is 10.1 Å². The van der Waals surface area contributed by atoms with E-state index in [0.717, 1.165) is 18.2 Å². The number of benzene rings is 1. The van der Waals surface area contributed by atoms with E-state index < -0.39 is 4.92 Å². The van der Waals surface area contributed by atoms with Gasteiger partial charge in [-0.2, -0.15) is 0 Å². The third kappa shape index (κ3) is 3.82. The zero-order chi connectivity index (χ0) is 13.8. The Labute approximate surface area is 112 Å². The number of nitro benzene ring substituents is 1. The zero-order valence-electron chi connectivity index (χ0n) is 11.0. The summed E-state index contributed by atoms with van der Waals surface area (Å²) >= 11 is 0. The van der Waals surface area contributed by atoms with Crippen LogP contribution in [0.5, 0.6) is 0 Å². The number of nitrogen functional groups attached to an aromatic ring is 1. The van der Waals surface area contributed by atoms with E-state index in [2.05, 4.69) is 0 Å². The SMILES string of the molecule is CN(CCOCC1CC1)c1ccc([N+](=O)[O-])cc1N. The van der Waals surface area contributed by atoms with Crippen LogP contribution in [-0.4, -0.2) is 31.7 Å². The first-order chi connectivity index (χ1) is 9.08. The molecular weight excluding hydrogens is 246 g/mol. The van der Waals surface area contributed by atoms with E-state index in [1.807, 2.05) is 11.9 Å². The van der Waals surface area contributed by atoms with E-state index >= 15 is 0 Å². The number of nitrogens with two attached hydrogens (primary N) is 1. The molecule has 0 aliphatic heterocycles. The lowest BCUT2D eigenvalue weighted by Gasteiger charge is -2.20. The van der Waals surface area contributed by atoms with Crippen molar-refractivity contribution in [1.82, 2.24) is 0 Å². The molecule has 2 rings (SSSR count). The molecule has 0 spiro atoms. The molecule has 1 fully saturated rings. The first kappa shape index (κ1) is 13.6. The molecular formula is C13H19N3O3. The third-order valence-corrected chi connectivity index (χ3v) is 3.25. The molecule has 6 nitrogen and oxygen atoms in total. The number of nitrogens with zero attached hydrogens (tertiary/aromatic N) is 2. The molecule has 0 heterocycles. The Bertz CT molecular complexity index is 460. The molecule has 104 valence electrons. The van der Waals surface area contributed by atoms with Crippen molar-refractivity contribution in [2.75, 3.05) is 37.4 Å². The topological polar surface area (TPSA) is 81.6 Å². The van der Waals surface area contributed by atoms with E-state index in [1.54, 1.807) is 6.07 Å². The van der Waals surface area contributed by atoms with Gasteiger partial charge < -0.3 is 15.4 Å². The highest BCUT2D eigenvalue weighted by Crippen LogP contribution is 2.29. The lowest BCUT2D eigenvalue weighted by atomic mass is 10.2. The average molecular weight is 265 g/mol. The molecule has 6 heteroatoms. The molecule has 0 saturated heterocycles. The van der Waals surface area contributed by atoms with Crippen LogP contribution >= 0.6 is 0 Å². The van der Waals surface area contributed by atoms with Gasteiger partial charge in [-0.1, -0.05) is 0 Å². The first-order valence-electron chi connectivity index (χ1n) is 6.40. The lowest BCUT2D eigenvalue weighted by Crippen LogP contribution is -2.23. The summed E-state index contributed by atoms with van der Waals surface area (Å²) in [6.45, 7) is 2.20. The predicted octanol–water partition coefficient (Wildman–Crippen LogP) is 2.04. The van der Waals surface area contributed by atoms with Crippen molar-refractivity contribution in [2.45, 2.75) is 12.8 Å². The van der Waals surface area contributed by atoms with Crippen molar-refractivity contribution in [2.24, 2.45) is 5.92 Å². The molecule has 0 unspecified atom stereocenters. The van der Waals surface area contributed by atoms with Gasteiger partial charge in [0.05, 0.1) is 22.9 Å². The molecule has 0 amide bonds. The van der Waals surface area contributed by atoms with E-state index in [0.29, 0.717) is 18.8 Å². The molecule has 1 aliphatic rings. The Morgan fingerprint density at radius 2 is 2.26 bits per heavy atom. The summed E-state index contributed by atoms with van der Waals surface area (Å²) in [4.78, 5) is 12.1. The summed E-state index contributed by atoms with van der Waals surface area (Å²) in [5.41, 5.74) is 7.06. The number of hydrogen-bond donors (Lipinski definition) is 1. The van der Waals surface area contributed by atoms with Crippen molar-refractivity contribution < 1.29 is 9.66 Å².